The molecule has 0 aromatic rings. The number of nitrogens with zero attached hydrogens (tertiary/aromatic N) is 2. The molecule has 1 aliphatic heterocycles. The zero-order chi connectivity index (χ0) is 13.7. The van der Waals surface area contributed by atoms with Crippen molar-refractivity contribution in [3.8, 4) is 0 Å². The molecule has 2 rings (SSSR count). The molecule has 4 heteroatoms. The first-order valence-electron chi connectivity index (χ1n) is 7.84. The standard InChI is InChI=1S/C15H30N2O2/c1-13-3-5-15(6-4-13)19-12-14(18)11-17-9-7-16(2)8-10-17/h13-15,18H,3-12H2,1-2H3/t13?,14-,15?/m1/s1. The maximum atomic E-state index is 10.1. The van der Waals surface area contributed by atoms with E-state index < -0.39 is 0 Å². The van der Waals surface area contributed by atoms with Crippen molar-refractivity contribution in [2.45, 2.75) is 44.8 Å². The van der Waals surface area contributed by atoms with Gasteiger partial charge in [0.25, 0.3) is 0 Å². The van der Waals surface area contributed by atoms with E-state index in [9.17, 15) is 5.11 Å². The van der Waals surface area contributed by atoms with Gasteiger partial charge >= 0.3 is 0 Å². The number of hydrogen-bond donors (Lipinski definition) is 1. The third-order valence-corrected chi connectivity index (χ3v) is 4.55. The zero-order valence-corrected chi connectivity index (χ0v) is 12.6. The Morgan fingerprint density at radius 1 is 1.11 bits per heavy atom. The molecule has 0 aromatic heterocycles. The lowest BCUT2D eigenvalue weighted by molar-refractivity contribution is -0.0402. The van der Waals surface area contributed by atoms with Crippen molar-refractivity contribution in [3.05, 3.63) is 0 Å². The van der Waals surface area contributed by atoms with Crippen molar-refractivity contribution in [1.82, 2.24) is 9.80 Å². The highest BCUT2D eigenvalue weighted by Crippen LogP contribution is 2.25. The number of ether oxygens (including phenoxy) is 1. The van der Waals surface area contributed by atoms with Crippen LogP contribution in [0.15, 0.2) is 0 Å². The Morgan fingerprint density at radius 3 is 2.37 bits per heavy atom. The average molecular weight is 270 g/mol. The number of hydrogen-bond acceptors (Lipinski definition) is 4. The first-order chi connectivity index (χ1) is 9.13. The molecule has 0 radical (unpaired) electrons. The van der Waals surface area contributed by atoms with Gasteiger partial charge in [0.15, 0.2) is 0 Å². The third-order valence-electron chi connectivity index (χ3n) is 4.55. The van der Waals surface area contributed by atoms with Crippen molar-refractivity contribution in [1.29, 1.82) is 0 Å². The molecule has 0 amide bonds. The second-order valence-corrected chi connectivity index (χ2v) is 6.47. The molecule has 0 spiro atoms. The van der Waals surface area contributed by atoms with Gasteiger partial charge in [0, 0.05) is 32.7 Å². The Balaban J connectivity index is 1.58. The summed E-state index contributed by atoms with van der Waals surface area (Å²) >= 11 is 0. The Kier molecular flexibility index (Phi) is 6.07. The number of piperazine rings is 1. The Labute approximate surface area is 117 Å². The predicted molar refractivity (Wildman–Crippen MR) is 77.3 cm³/mol. The van der Waals surface area contributed by atoms with Crippen molar-refractivity contribution in [2.75, 3.05) is 46.4 Å². The van der Waals surface area contributed by atoms with Gasteiger partial charge < -0.3 is 14.7 Å². The first kappa shape index (κ1) is 15.2. The van der Waals surface area contributed by atoms with E-state index in [0.29, 0.717) is 12.7 Å². The van der Waals surface area contributed by atoms with Crippen LogP contribution in [0.5, 0.6) is 0 Å². The fourth-order valence-corrected chi connectivity index (χ4v) is 3.02. The minimum atomic E-state index is -0.331. The summed E-state index contributed by atoms with van der Waals surface area (Å²) in [5.41, 5.74) is 0. The monoisotopic (exact) mass is 270 g/mol. The molecule has 0 bridgehead atoms. The fraction of sp³-hybridized carbons (Fsp3) is 1.00. The predicted octanol–water partition coefficient (Wildman–Crippen LogP) is 1.19. The first-order valence-corrected chi connectivity index (χ1v) is 7.84. The van der Waals surface area contributed by atoms with Gasteiger partial charge in [-0.25, -0.2) is 0 Å². The molecule has 1 aliphatic carbocycles. The van der Waals surface area contributed by atoms with Crippen LogP contribution in [0.25, 0.3) is 0 Å². The number of β-amino-alcohol motifs (C(OH)–C–C–N with tert-alkyl or cyclic N) is 1. The highest BCUT2D eigenvalue weighted by Gasteiger charge is 2.21. The van der Waals surface area contributed by atoms with Crippen molar-refractivity contribution >= 4 is 0 Å². The summed E-state index contributed by atoms with van der Waals surface area (Å²) in [6.07, 6.45) is 4.95. The van der Waals surface area contributed by atoms with Crippen LogP contribution in [0.4, 0.5) is 0 Å². The Bertz CT molecular complexity index is 247. The third kappa shape index (κ3) is 5.38. The zero-order valence-electron chi connectivity index (χ0n) is 12.6. The minimum absolute atomic E-state index is 0.331. The normalized spacial score (nSPS) is 32.4. The van der Waals surface area contributed by atoms with Gasteiger partial charge in [-0.05, 0) is 38.6 Å². The molecule has 0 aromatic carbocycles. The molecule has 1 saturated carbocycles. The fourth-order valence-electron chi connectivity index (χ4n) is 3.02. The van der Waals surface area contributed by atoms with Crippen LogP contribution in [0.2, 0.25) is 0 Å². The van der Waals surface area contributed by atoms with E-state index in [1.54, 1.807) is 0 Å². The highest BCUT2D eigenvalue weighted by atomic mass is 16.5. The lowest BCUT2D eigenvalue weighted by Gasteiger charge is -2.34. The van der Waals surface area contributed by atoms with Gasteiger partial charge in [0.2, 0.25) is 0 Å². The van der Waals surface area contributed by atoms with E-state index in [4.69, 9.17) is 4.74 Å². The van der Waals surface area contributed by atoms with Crippen molar-refractivity contribution < 1.29 is 9.84 Å². The minimum Gasteiger partial charge on any atom is -0.389 e. The van der Waals surface area contributed by atoms with Gasteiger partial charge in [0.05, 0.1) is 18.8 Å². The topological polar surface area (TPSA) is 35.9 Å². The number of rotatable bonds is 5. The summed E-state index contributed by atoms with van der Waals surface area (Å²) in [7, 11) is 2.15. The van der Waals surface area contributed by atoms with Gasteiger partial charge in [-0.2, -0.15) is 0 Å². The molecule has 2 fully saturated rings. The highest BCUT2D eigenvalue weighted by molar-refractivity contribution is 4.74. The molecule has 0 unspecified atom stereocenters. The van der Waals surface area contributed by atoms with E-state index in [1.807, 2.05) is 0 Å². The van der Waals surface area contributed by atoms with E-state index in [2.05, 4.69) is 23.8 Å². The maximum Gasteiger partial charge on any atom is 0.0900 e. The summed E-state index contributed by atoms with van der Waals surface area (Å²) in [5.74, 6) is 0.857. The summed E-state index contributed by atoms with van der Waals surface area (Å²) in [5, 5.41) is 10.1. The van der Waals surface area contributed by atoms with Crippen molar-refractivity contribution in [3.63, 3.8) is 0 Å². The number of likely N-dealkylation sites (N-methyl/N-ethyl adjacent to an activating group) is 1. The average Bonchev–Trinajstić information content (AvgIpc) is 2.41. The van der Waals surface area contributed by atoms with E-state index in [0.717, 1.165) is 38.6 Å². The van der Waals surface area contributed by atoms with Crippen LogP contribution in [-0.4, -0.2) is 73.5 Å². The molecule has 1 heterocycles. The second kappa shape index (κ2) is 7.58. The van der Waals surface area contributed by atoms with E-state index in [1.165, 1.54) is 25.7 Å². The number of aliphatic hydroxyl groups is 1. The Hall–Kier alpha value is -0.160. The SMILES string of the molecule is CC1CCC(OC[C@H](O)CN2CCN(C)CC2)CC1. The molecule has 19 heavy (non-hydrogen) atoms. The van der Waals surface area contributed by atoms with Gasteiger partial charge in [0.1, 0.15) is 0 Å². The molecule has 2 aliphatic rings. The molecular formula is C15H30N2O2. The largest absolute Gasteiger partial charge is 0.389 e. The van der Waals surface area contributed by atoms with Crippen molar-refractivity contribution in [2.24, 2.45) is 5.92 Å². The quantitative estimate of drug-likeness (QED) is 0.814. The van der Waals surface area contributed by atoms with E-state index in [-0.39, 0.29) is 6.10 Å². The lowest BCUT2D eigenvalue weighted by atomic mass is 9.89. The van der Waals surface area contributed by atoms with Gasteiger partial charge in [-0.3, -0.25) is 4.90 Å². The smallest absolute Gasteiger partial charge is 0.0900 e. The molecular weight excluding hydrogens is 240 g/mol. The molecule has 1 saturated heterocycles. The van der Waals surface area contributed by atoms with E-state index >= 15 is 0 Å². The maximum absolute atomic E-state index is 10.1. The van der Waals surface area contributed by atoms with Crippen LogP contribution >= 0.6 is 0 Å². The number of aliphatic hydroxyl groups excluding tert-OH is 1. The summed E-state index contributed by atoms with van der Waals surface area (Å²) < 4.78 is 5.87. The van der Waals surface area contributed by atoms with Crippen LogP contribution in [-0.2, 0) is 4.74 Å². The van der Waals surface area contributed by atoms with Crippen LogP contribution in [0.3, 0.4) is 0 Å². The molecule has 4 nitrogen and oxygen atoms in total. The molecule has 1 N–H and O–H groups in total. The lowest BCUT2D eigenvalue weighted by Crippen LogP contribution is -2.47. The van der Waals surface area contributed by atoms with Crippen LogP contribution in [0.1, 0.15) is 32.6 Å². The summed E-state index contributed by atoms with van der Waals surface area (Å²) in [4.78, 5) is 4.68. The van der Waals surface area contributed by atoms with Crippen LogP contribution in [0, 0.1) is 5.92 Å². The second-order valence-electron chi connectivity index (χ2n) is 6.47. The summed E-state index contributed by atoms with van der Waals surface area (Å²) in [6, 6.07) is 0. The van der Waals surface area contributed by atoms with Crippen LogP contribution < -0.4 is 0 Å². The van der Waals surface area contributed by atoms with Gasteiger partial charge in [-0.1, -0.05) is 6.92 Å². The summed E-state index contributed by atoms with van der Waals surface area (Å²) in [6.45, 7) is 7.92. The van der Waals surface area contributed by atoms with Gasteiger partial charge in [-0.15, -0.1) is 0 Å². The Morgan fingerprint density at radius 2 is 1.74 bits per heavy atom. The molecule has 112 valence electrons. The molecule has 1 atom stereocenters.